The molecule has 3 rings (SSSR count). The fourth-order valence-corrected chi connectivity index (χ4v) is 3.16. The van der Waals surface area contributed by atoms with Gasteiger partial charge in [0.05, 0.1) is 0 Å². The summed E-state index contributed by atoms with van der Waals surface area (Å²) >= 11 is 0. The van der Waals surface area contributed by atoms with E-state index in [1.165, 1.54) is 48.4 Å². The summed E-state index contributed by atoms with van der Waals surface area (Å²) in [6, 6.07) is 17.6. The molecule has 116 valence electrons. The first kappa shape index (κ1) is 15.3. The Hall–Kier alpha value is -1.64. The van der Waals surface area contributed by atoms with Gasteiger partial charge in [0.1, 0.15) is 0 Å². The Bertz CT molecular complexity index is 598. The molecular weight excluding hydrogens is 268 g/mol. The van der Waals surface area contributed by atoms with Gasteiger partial charge in [0.15, 0.2) is 0 Å². The van der Waals surface area contributed by atoms with Crippen molar-refractivity contribution in [3.63, 3.8) is 0 Å². The van der Waals surface area contributed by atoms with E-state index in [9.17, 15) is 0 Å². The van der Waals surface area contributed by atoms with Crippen LogP contribution in [0.3, 0.4) is 0 Å². The summed E-state index contributed by atoms with van der Waals surface area (Å²) in [7, 11) is 0. The molecule has 2 nitrogen and oxygen atoms in total. The van der Waals surface area contributed by atoms with E-state index in [-0.39, 0.29) is 0 Å². The molecule has 0 N–H and O–H groups in total. The van der Waals surface area contributed by atoms with E-state index >= 15 is 0 Å². The van der Waals surface area contributed by atoms with Gasteiger partial charge in [-0.25, -0.2) is 0 Å². The summed E-state index contributed by atoms with van der Waals surface area (Å²) in [5.41, 5.74) is 5.68. The first-order valence-electron chi connectivity index (χ1n) is 8.25. The predicted molar refractivity (Wildman–Crippen MR) is 92.9 cm³/mol. The van der Waals surface area contributed by atoms with Crippen LogP contribution in [-0.2, 0) is 13.1 Å². The molecule has 0 bridgehead atoms. The average Bonchev–Trinajstić information content (AvgIpc) is 2.54. The lowest BCUT2D eigenvalue weighted by atomic mass is 10.0. The van der Waals surface area contributed by atoms with Gasteiger partial charge in [-0.05, 0) is 30.5 Å². The lowest BCUT2D eigenvalue weighted by Gasteiger charge is -2.35. The molecule has 0 unspecified atom stereocenters. The van der Waals surface area contributed by atoms with Crippen molar-refractivity contribution in [1.82, 2.24) is 9.80 Å². The minimum atomic E-state index is 1.08. The van der Waals surface area contributed by atoms with Crippen molar-refractivity contribution in [1.29, 1.82) is 0 Å². The number of nitrogens with zero attached hydrogens (tertiary/aromatic N) is 2. The van der Waals surface area contributed by atoms with Crippen LogP contribution in [0.5, 0.6) is 0 Å². The minimum absolute atomic E-state index is 1.08. The maximum absolute atomic E-state index is 2.59. The van der Waals surface area contributed by atoms with E-state index in [0.717, 1.165) is 13.1 Å². The summed E-state index contributed by atoms with van der Waals surface area (Å²) in [5.74, 6) is 0. The van der Waals surface area contributed by atoms with Crippen molar-refractivity contribution in [3.8, 4) is 0 Å². The Kier molecular flexibility index (Phi) is 4.91. The van der Waals surface area contributed by atoms with Crippen molar-refractivity contribution < 1.29 is 0 Å². The first-order chi connectivity index (χ1) is 10.7. The van der Waals surface area contributed by atoms with Crippen LogP contribution >= 0.6 is 0 Å². The van der Waals surface area contributed by atoms with Crippen LogP contribution in [0.25, 0.3) is 0 Å². The molecule has 1 aliphatic rings. The second-order valence-electron chi connectivity index (χ2n) is 6.47. The first-order valence-corrected chi connectivity index (χ1v) is 8.25. The van der Waals surface area contributed by atoms with Crippen molar-refractivity contribution in [2.75, 3.05) is 26.2 Å². The summed E-state index contributed by atoms with van der Waals surface area (Å²) in [6.45, 7) is 11.2. The molecule has 2 aromatic carbocycles. The molecule has 0 atom stereocenters. The van der Waals surface area contributed by atoms with Crippen LogP contribution in [0.1, 0.15) is 22.3 Å². The topological polar surface area (TPSA) is 6.48 Å². The highest BCUT2D eigenvalue weighted by Crippen LogP contribution is 2.15. The van der Waals surface area contributed by atoms with Gasteiger partial charge >= 0.3 is 0 Å². The van der Waals surface area contributed by atoms with Gasteiger partial charge in [-0.1, -0.05) is 54.1 Å². The number of benzene rings is 2. The molecule has 0 aromatic heterocycles. The van der Waals surface area contributed by atoms with Crippen LogP contribution in [0, 0.1) is 13.8 Å². The molecule has 1 aliphatic heterocycles. The number of hydrogen-bond acceptors (Lipinski definition) is 2. The number of hydrogen-bond donors (Lipinski definition) is 0. The van der Waals surface area contributed by atoms with Crippen molar-refractivity contribution in [2.45, 2.75) is 26.9 Å². The largest absolute Gasteiger partial charge is 0.297 e. The molecule has 2 aromatic rings. The lowest BCUT2D eigenvalue weighted by Crippen LogP contribution is -2.45. The molecule has 0 spiro atoms. The van der Waals surface area contributed by atoms with Crippen LogP contribution < -0.4 is 0 Å². The van der Waals surface area contributed by atoms with Gasteiger partial charge < -0.3 is 0 Å². The number of rotatable bonds is 4. The van der Waals surface area contributed by atoms with Gasteiger partial charge in [-0.3, -0.25) is 9.80 Å². The number of aryl methyl sites for hydroxylation is 2. The third-order valence-electron chi connectivity index (χ3n) is 4.61. The number of piperazine rings is 1. The maximum atomic E-state index is 2.59. The van der Waals surface area contributed by atoms with Crippen LogP contribution in [-0.4, -0.2) is 36.0 Å². The Morgan fingerprint density at radius 3 is 2.09 bits per heavy atom. The molecule has 0 radical (unpaired) electrons. The predicted octanol–water partition coefficient (Wildman–Crippen LogP) is 3.62. The Balaban J connectivity index is 1.52. The Labute approximate surface area is 134 Å². The SMILES string of the molecule is Cc1ccc(C)c(CN2CCN(Cc3ccccc3)CC2)c1. The third kappa shape index (κ3) is 3.96. The zero-order chi connectivity index (χ0) is 15.4. The molecular formula is C20H26N2. The standard InChI is InChI=1S/C20H26N2/c1-17-8-9-18(2)20(14-17)16-22-12-10-21(11-13-22)15-19-6-4-3-5-7-19/h3-9,14H,10-13,15-16H2,1-2H3. The zero-order valence-corrected chi connectivity index (χ0v) is 13.8. The molecule has 0 saturated carbocycles. The quantitative estimate of drug-likeness (QED) is 0.850. The molecule has 22 heavy (non-hydrogen) atoms. The van der Waals surface area contributed by atoms with Crippen LogP contribution in [0.2, 0.25) is 0 Å². The smallest absolute Gasteiger partial charge is 0.0237 e. The van der Waals surface area contributed by atoms with Gasteiger partial charge in [0.25, 0.3) is 0 Å². The monoisotopic (exact) mass is 294 g/mol. The summed E-state index contributed by atoms with van der Waals surface area (Å²) in [6.07, 6.45) is 0. The molecule has 1 saturated heterocycles. The second kappa shape index (κ2) is 7.08. The molecule has 0 amide bonds. The van der Waals surface area contributed by atoms with Crippen molar-refractivity contribution >= 4 is 0 Å². The molecule has 1 heterocycles. The highest BCUT2D eigenvalue weighted by molar-refractivity contribution is 5.30. The van der Waals surface area contributed by atoms with E-state index in [2.05, 4.69) is 72.2 Å². The van der Waals surface area contributed by atoms with Gasteiger partial charge in [-0.15, -0.1) is 0 Å². The average molecular weight is 294 g/mol. The fourth-order valence-electron chi connectivity index (χ4n) is 3.16. The Morgan fingerprint density at radius 2 is 1.41 bits per heavy atom. The van der Waals surface area contributed by atoms with Gasteiger partial charge in [0.2, 0.25) is 0 Å². The van der Waals surface area contributed by atoms with Crippen molar-refractivity contribution in [2.24, 2.45) is 0 Å². The summed E-state index contributed by atoms with van der Waals surface area (Å²) in [4.78, 5) is 5.15. The fraction of sp³-hybridized carbons (Fsp3) is 0.400. The maximum Gasteiger partial charge on any atom is 0.0237 e. The summed E-state index contributed by atoms with van der Waals surface area (Å²) in [5, 5.41) is 0. The van der Waals surface area contributed by atoms with Crippen LogP contribution in [0.4, 0.5) is 0 Å². The van der Waals surface area contributed by atoms with Crippen LogP contribution in [0.15, 0.2) is 48.5 Å². The highest BCUT2D eigenvalue weighted by atomic mass is 15.3. The molecule has 0 aliphatic carbocycles. The zero-order valence-electron chi connectivity index (χ0n) is 13.8. The minimum Gasteiger partial charge on any atom is -0.297 e. The van der Waals surface area contributed by atoms with Crippen molar-refractivity contribution in [3.05, 3.63) is 70.8 Å². The molecule has 2 heteroatoms. The third-order valence-corrected chi connectivity index (χ3v) is 4.61. The van der Waals surface area contributed by atoms with E-state index in [0.29, 0.717) is 0 Å². The van der Waals surface area contributed by atoms with E-state index < -0.39 is 0 Å². The normalized spacial score (nSPS) is 16.8. The summed E-state index contributed by atoms with van der Waals surface area (Å²) < 4.78 is 0. The lowest BCUT2D eigenvalue weighted by molar-refractivity contribution is 0.122. The van der Waals surface area contributed by atoms with Gasteiger partial charge in [0, 0.05) is 39.3 Å². The second-order valence-corrected chi connectivity index (χ2v) is 6.47. The van der Waals surface area contributed by atoms with E-state index in [1.54, 1.807) is 0 Å². The highest BCUT2D eigenvalue weighted by Gasteiger charge is 2.17. The Morgan fingerprint density at radius 1 is 0.773 bits per heavy atom. The van der Waals surface area contributed by atoms with Gasteiger partial charge in [-0.2, -0.15) is 0 Å². The molecule has 1 fully saturated rings. The van der Waals surface area contributed by atoms with E-state index in [4.69, 9.17) is 0 Å². The van der Waals surface area contributed by atoms with E-state index in [1.807, 2.05) is 0 Å².